The predicted octanol–water partition coefficient (Wildman–Crippen LogP) is 9.17. The minimum absolute atomic E-state index is 0.345. The first kappa shape index (κ1) is 26.2. The van der Waals surface area contributed by atoms with Crippen molar-refractivity contribution in [2.75, 3.05) is 0 Å². The number of hydrogen-bond donors (Lipinski definition) is 1. The van der Waals surface area contributed by atoms with E-state index in [1.807, 2.05) is 0 Å². The lowest BCUT2D eigenvalue weighted by Gasteiger charge is -2.03. The van der Waals surface area contributed by atoms with E-state index in [1.165, 1.54) is 94.2 Å². The summed E-state index contributed by atoms with van der Waals surface area (Å²) in [6, 6.07) is 16.7. The Morgan fingerprint density at radius 3 is 1.17 bits per heavy atom. The van der Waals surface area contributed by atoms with Crippen LogP contribution in [0.15, 0.2) is 48.5 Å². The van der Waals surface area contributed by atoms with Gasteiger partial charge in [0, 0.05) is 6.42 Å². The second-order valence-corrected chi connectivity index (χ2v) is 8.44. The van der Waals surface area contributed by atoms with Gasteiger partial charge in [0.25, 0.3) is 0 Å². The van der Waals surface area contributed by atoms with Gasteiger partial charge in [-0.3, -0.25) is 4.79 Å². The summed E-state index contributed by atoms with van der Waals surface area (Å²) in [5.74, 6) is -0.653. The third kappa shape index (κ3) is 15.1. The topological polar surface area (TPSA) is 37.3 Å². The summed E-state index contributed by atoms with van der Waals surface area (Å²) in [5, 5.41) is 11.1. The lowest BCUT2D eigenvalue weighted by atomic mass is 10.0. The number of hydrogen-bond acceptors (Lipinski definition) is 1. The molecule has 2 heteroatoms. The van der Waals surface area contributed by atoms with Crippen molar-refractivity contribution in [3.05, 3.63) is 48.5 Å². The van der Waals surface area contributed by atoms with Crippen molar-refractivity contribution in [1.82, 2.24) is 0 Å². The van der Waals surface area contributed by atoms with Gasteiger partial charge in [-0.05, 0) is 17.2 Å². The molecule has 0 radical (unpaired) electrons. The Labute approximate surface area is 185 Å². The average molecular weight is 413 g/mol. The van der Waals surface area contributed by atoms with Gasteiger partial charge in [0.1, 0.15) is 0 Å². The zero-order valence-corrected chi connectivity index (χ0v) is 19.3. The standard InChI is InChI=1S/C18H36O2.C10H8/c1-2-3-4-5-6-7-8-9-10-11-12-13-14-15-16-17-18(19)20;1-2-6-10-8-4-3-7-9(10)5-1/h2-17H2,1H3,(H,19,20);1-8H. The second kappa shape index (κ2) is 19.2. The minimum Gasteiger partial charge on any atom is -0.481 e. The number of carboxylic acid groups (broad SMARTS) is 1. The monoisotopic (exact) mass is 412 g/mol. The van der Waals surface area contributed by atoms with E-state index in [9.17, 15) is 4.79 Å². The maximum atomic E-state index is 10.3. The summed E-state index contributed by atoms with van der Waals surface area (Å²) >= 11 is 0. The maximum absolute atomic E-state index is 10.3. The van der Waals surface area contributed by atoms with Crippen LogP contribution < -0.4 is 0 Å². The molecule has 1 N–H and O–H groups in total. The SMILES string of the molecule is CCCCCCCCCCCCCCCCCC(=O)O.c1ccc2ccccc2c1. The van der Waals surface area contributed by atoms with Crippen LogP contribution in [0.2, 0.25) is 0 Å². The molecule has 0 unspecified atom stereocenters. The normalized spacial score (nSPS) is 10.6. The molecule has 0 atom stereocenters. The van der Waals surface area contributed by atoms with Crippen LogP contribution in [0.1, 0.15) is 110 Å². The van der Waals surface area contributed by atoms with Crippen LogP contribution in [0.3, 0.4) is 0 Å². The molecule has 0 aliphatic carbocycles. The molecule has 2 nitrogen and oxygen atoms in total. The fourth-order valence-electron chi connectivity index (χ4n) is 3.78. The van der Waals surface area contributed by atoms with Crippen molar-refractivity contribution in [1.29, 1.82) is 0 Å². The predicted molar refractivity (Wildman–Crippen MR) is 131 cm³/mol. The molecule has 0 bridgehead atoms. The Balaban J connectivity index is 0.000000367. The molecule has 0 heterocycles. The fourth-order valence-corrected chi connectivity index (χ4v) is 3.78. The highest BCUT2D eigenvalue weighted by Crippen LogP contribution is 2.14. The van der Waals surface area contributed by atoms with Crippen molar-refractivity contribution >= 4 is 16.7 Å². The third-order valence-corrected chi connectivity index (χ3v) is 5.65. The van der Waals surface area contributed by atoms with Crippen LogP contribution in [0.25, 0.3) is 10.8 Å². The molecule has 0 saturated carbocycles. The summed E-state index contributed by atoms with van der Waals surface area (Å²) in [6.45, 7) is 2.27. The van der Waals surface area contributed by atoms with E-state index in [1.54, 1.807) is 0 Å². The molecule has 2 rings (SSSR count). The van der Waals surface area contributed by atoms with Gasteiger partial charge in [-0.2, -0.15) is 0 Å². The first-order valence-corrected chi connectivity index (χ1v) is 12.4. The summed E-state index contributed by atoms with van der Waals surface area (Å²) < 4.78 is 0. The number of rotatable bonds is 16. The lowest BCUT2D eigenvalue weighted by molar-refractivity contribution is -0.137. The summed E-state index contributed by atoms with van der Waals surface area (Å²) in [5.41, 5.74) is 0. The molecule has 2 aromatic rings. The molecule has 0 aliphatic rings. The van der Waals surface area contributed by atoms with Crippen LogP contribution in [0.4, 0.5) is 0 Å². The van der Waals surface area contributed by atoms with E-state index in [0.717, 1.165) is 12.8 Å². The molecule has 0 amide bonds. The van der Waals surface area contributed by atoms with Gasteiger partial charge in [0.2, 0.25) is 0 Å². The molecule has 2 aromatic carbocycles. The van der Waals surface area contributed by atoms with Crippen LogP contribution in [-0.4, -0.2) is 11.1 Å². The molecule has 0 spiro atoms. The molecule has 0 aromatic heterocycles. The van der Waals surface area contributed by atoms with Gasteiger partial charge in [-0.25, -0.2) is 0 Å². The molecule has 0 saturated heterocycles. The molecule has 168 valence electrons. The highest BCUT2D eigenvalue weighted by Gasteiger charge is 1.97. The molecular formula is C28H44O2. The van der Waals surface area contributed by atoms with Gasteiger partial charge in [0.05, 0.1) is 0 Å². The summed E-state index contributed by atoms with van der Waals surface area (Å²) in [6.07, 6.45) is 20.2. The quantitative estimate of drug-likeness (QED) is 0.279. The number of aliphatic carboxylic acids is 1. The van der Waals surface area contributed by atoms with Crippen molar-refractivity contribution < 1.29 is 9.90 Å². The van der Waals surface area contributed by atoms with Gasteiger partial charge in [-0.1, -0.05) is 145 Å². The smallest absolute Gasteiger partial charge is 0.303 e. The maximum Gasteiger partial charge on any atom is 0.303 e. The number of unbranched alkanes of at least 4 members (excludes halogenated alkanes) is 14. The van der Waals surface area contributed by atoms with Crippen LogP contribution in [-0.2, 0) is 4.79 Å². The van der Waals surface area contributed by atoms with Crippen molar-refractivity contribution in [2.24, 2.45) is 0 Å². The Bertz CT molecular complexity index is 584. The Morgan fingerprint density at radius 1 is 0.567 bits per heavy atom. The van der Waals surface area contributed by atoms with Gasteiger partial charge in [0.15, 0.2) is 0 Å². The molecule has 0 aliphatic heterocycles. The van der Waals surface area contributed by atoms with E-state index in [2.05, 4.69) is 55.5 Å². The number of fused-ring (bicyclic) bond motifs is 1. The fraction of sp³-hybridized carbons (Fsp3) is 0.607. The highest BCUT2D eigenvalue weighted by molar-refractivity contribution is 5.82. The molecule has 30 heavy (non-hydrogen) atoms. The van der Waals surface area contributed by atoms with Gasteiger partial charge in [-0.15, -0.1) is 0 Å². The third-order valence-electron chi connectivity index (χ3n) is 5.65. The van der Waals surface area contributed by atoms with Crippen LogP contribution in [0.5, 0.6) is 0 Å². The summed E-state index contributed by atoms with van der Waals surface area (Å²) in [4.78, 5) is 10.3. The zero-order chi connectivity index (χ0) is 21.7. The average Bonchev–Trinajstić information content (AvgIpc) is 2.77. The Morgan fingerprint density at radius 2 is 0.867 bits per heavy atom. The van der Waals surface area contributed by atoms with Gasteiger partial charge >= 0.3 is 5.97 Å². The van der Waals surface area contributed by atoms with Crippen molar-refractivity contribution in [3.8, 4) is 0 Å². The number of carbonyl (C=O) groups is 1. The second-order valence-electron chi connectivity index (χ2n) is 8.44. The van der Waals surface area contributed by atoms with Crippen LogP contribution >= 0.6 is 0 Å². The van der Waals surface area contributed by atoms with Crippen LogP contribution in [0, 0.1) is 0 Å². The first-order valence-electron chi connectivity index (χ1n) is 12.4. The number of benzene rings is 2. The molecule has 0 fully saturated rings. The Hall–Kier alpha value is -1.83. The largest absolute Gasteiger partial charge is 0.481 e. The van der Waals surface area contributed by atoms with E-state index < -0.39 is 5.97 Å². The highest BCUT2D eigenvalue weighted by atomic mass is 16.4. The van der Waals surface area contributed by atoms with E-state index >= 15 is 0 Å². The number of carboxylic acids is 1. The minimum atomic E-state index is -0.653. The molecular weight excluding hydrogens is 368 g/mol. The Kier molecular flexibility index (Phi) is 16.7. The first-order chi connectivity index (χ1) is 14.7. The zero-order valence-electron chi connectivity index (χ0n) is 19.3. The van der Waals surface area contributed by atoms with E-state index in [-0.39, 0.29) is 0 Å². The van der Waals surface area contributed by atoms with E-state index in [4.69, 9.17) is 5.11 Å². The summed E-state index contributed by atoms with van der Waals surface area (Å²) in [7, 11) is 0. The van der Waals surface area contributed by atoms with Gasteiger partial charge < -0.3 is 5.11 Å². The lowest BCUT2D eigenvalue weighted by Crippen LogP contribution is -1.93. The van der Waals surface area contributed by atoms with Crippen molar-refractivity contribution in [2.45, 2.75) is 110 Å². The van der Waals surface area contributed by atoms with E-state index in [0.29, 0.717) is 6.42 Å². The van der Waals surface area contributed by atoms with Crippen molar-refractivity contribution in [3.63, 3.8) is 0 Å².